The Labute approximate surface area is 161 Å². The van der Waals surface area contributed by atoms with Crippen LogP contribution >= 0.6 is 0 Å². The average molecular weight is 374 g/mol. The van der Waals surface area contributed by atoms with Gasteiger partial charge in [-0.25, -0.2) is 5.01 Å². The summed E-state index contributed by atoms with van der Waals surface area (Å²) < 4.78 is 0. The molecule has 2 heterocycles. The number of carbonyl (C=O) groups excluding carboxylic acids is 2. The van der Waals surface area contributed by atoms with Crippen LogP contribution in [0.15, 0.2) is 60.0 Å². The van der Waals surface area contributed by atoms with Crippen molar-refractivity contribution in [3.8, 4) is 5.75 Å². The molecule has 4 rings (SSSR count). The number of hydrogen-bond acceptors (Lipinski definition) is 6. The number of aldehydes is 1. The number of carbonyl (C=O) groups is 2. The van der Waals surface area contributed by atoms with E-state index < -0.39 is 0 Å². The Bertz CT molecular complexity index is 1060. The minimum Gasteiger partial charge on any atom is -0.508 e. The van der Waals surface area contributed by atoms with E-state index in [9.17, 15) is 14.7 Å². The predicted octanol–water partition coefficient (Wildman–Crippen LogP) is 2.99. The van der Waals surface area contributed by atoms with Gasteiger partial charge >= 0.3 is 0 Å². The van der Waals surface area contributed by atoms with Crippen molar-refractivity contribution in [2.45, 2.75) is 25.3 Å². The fraction of sp³-hybridized carbons (Fsp3) is 0.190. The molecule has 7 nitrogen and oxygen atoms in total. The molecule has 0 bridgehead atoms. The van der Waals surface area contributed by atoms with Crippen LogP contribution in [0.5, 0.6) is 5.75 Å². The van der Waals surface area contributed by atoms with Crippen molar-refractivity contribution in [1.82, 2.24) is 15.0 Å². The van der Waals surface area contributed by atoms with Gasteiger partial charge in [-0.15, -0.1) is 0 Å². The average Bonchev–Trinajstić information content (AvgIpc) is 3.17. The van der Waals surface area contributed by atoms with Crippen LogP contribution in [0.3, 0.4) is 0 Å². The molecule has 1 atom stereocenters. The molecular formula is C21H18N4O3. The number of fused-ring (bicyclic) bond motifs is 1. The van der Waals surface area contributed by atoms with E-state index in [2.05, 4.69) is 15.1 Å². The molecule has 1 aromatic heterocycles. The molecule has 7 heteroatoms. The first-order chi connectivity index (χ1) is 13.7. The monoisotopic (exact) mass is 374 g/mol. The minimum absolute atomic E-state index is 0.111. The van der Waals surface area contributed by atoms with Crippen molar-refractivity contribution in [3.63, 3.8) is 0 Å². The molecule has 140 valence electrons. The Hall–Kier alpha value is -3.61. The summed E-state index contributed by atoms with van der Waals surface area (Å²) in [5, 5.41) is 15.5. The van der Waals surface area contributed by atoms with E-state index in [1.807, 2.05) is 18.2 Å². The highest BCUT2D eigenvalue weighted by molar-refractivity contribution is 6.03. The second kappa shape index (κ2) is 7.56. The smallest absolute Gasteiger partial charge is 0.243 e. The molecule has 0 saturated carbocycles. The highest BCUT2D eigenvalue weighted by Crippen LogP contribution is 2.34. The number of amides is 1. The van der Waals surface area contributed by atoms with Gasteiger partial charge in [-0.3, -0.25) is 14.8 Å². The van der Waals surface area contributed by atoms with Crippen LogP contribution in [0.2, 0.25) is 0 Å². The van der Waals surface area contributed by atoms with Crippen LogP contribution in [0.1, 0.15) is 36.4 Å². The summed E-state index contributed by atoms with van der Waals surface area (Å²) in [4.78, 5) is 32.0. The van der Waals surface area contributed by atoms with Crippen molar-refractivity contribution in [3.05, 3.63) is 66.0 Å². The topological polar surface area (TPSA) is 95.8 Å². The van der Waals surface area contributed by atoms with Crippen LogP contribution in [-0.4, -0.2) is 38.0 Å². The van der Waals surface area contributed by atoms with Gasteiger partial charge < -0.3 is 9.90 Å². The molecule has 28 heavy (non-hydrogen) atoms. The number of phenolic OH excluding ortho intramolecular Hbond substituents is 1. The standard InChI is InChI=1S/C21H18N4O3/c26-11-1-2-21(28)25-20(13-18(24-25)14-3-6-16(27)7-4-14)15-5-8-17-19(12-15)23-10-9-22-17/h3-12,20,27H,1-2,13H2. The summed E-state index contributed by atoms with van der Waals surface area (Å²) in [6.45, 7) is 0. The highest BCUT2D eigenvalue weighted by atomic mass is 16.3. The third kappa shape index (κ3) is 3.46. The quantitative estimate of drug-likeness (QED) is 0.693. The summed E-state index contributed by atoms with van der Waals surface area (Å²) >= 11 is 0. The zero-order chi connectivity index (χ0) is 19.5. The fourth-order valence-electron chi connectivity index (χ4n) is 3.31. The van der Waals surface area contributed by atoms with Crippen molar-refractivity contribution in [2.75, 3.05) is 0 Å². The largest absolute Gasteiger partial charge is 0.508 e. The Morgan fingerprint density at radius 2 is 1.86 bits per heavy atom. The summed E-state index contributed by atoms with van der Waals surface area (Å²) in [6.07, 6.45) is 4.81. The molecule has 1 aliphatic rings. The second-order valence-electron chi connectivity index (χ2n) is 6.56. The van der Waals surface area contributed by atoms with Gasteiger partial charge in [0, 0.05) is 31.7 Å². The summed E-state index contributed by atoms with van der Waals surface area (Å²) in [7, 11) is 0. The van der Waals surface area contributed by atoms with Crippen LogP contribution in [0.25, 0.3) is 11.0 Å². The molecular weight excluding hydrogens is 356 g/mol. The molecule has 1 aliphatic heterocycles. The molecule has 1 N–H and O–H groups in total. The first-order valence-corrected chi connectivity index (χ1v) is 8.99. The molecule has 0 aliphatic carbocycles. The zero-order valence-electron chi connectivity index (χ0n) is 15.0. The Kier molecular flexibility index (Phi) is 4.80. The van der Waals surface area contributed by atoms with E-state index in [1.54, 1.807) is 36.7 Å². The fourth-order valence-corrected chi connectivity index (χ4v) is 3.31. The number of hydrogen-bond donors (Lipinski definition) is 1. The maximum atomic E-state index is 12.7. The molecule has 0 radical (unpaired) electrons. The number of rotatable bonds is 5. The molecule has 1 unspecified atom stereocenters. The molecule has 2 aromatic carbocycles. The van der Waals surface area contributed by atoms with Gasteiger partial charge in [0.05, 0.1) is 22.8 Å². The Morgan fingerprint density at radius 3 is 2.61 bits per heavy atom. The van der Waals surface area contributed by atoms with Crippen LogP contribution in [-0.2, 0) is 9.59 Å². The van der Waals surface area contributed by atoms with Gasteiger partial charge in [0.2, 0.25) is 5.91 Å². The number of aromatic hydroxyl groups is 1. The lowest BCUT2D eigenvalue weighted by Gasteiger charge is -2.22. The van der Waals surface area contributed by atoms with Crippen molar-refractivity contribution < 1.29 is 14.7 Å². The first-order valence-electron chi connectivity index (χ1n) is 8.99. The summed E-state index contributed by atoms with van der Waals surface area (Å²) in [5.74, 6) is -0.0314. The number of aromatic nitrogens is 2. The second-order valence-corrected chi connectivity index (χ2v) is 6.56. The van der Waals surface area contributed by atoms with Gasteiger partial charge in [-0.05, 0) is 47.5 Å². The van der Waals surface area contributed by atoms with Gasteiger partial charge in [-0.1, -0.05) is 6.07 Å². The van der Waals surface area contributed by atoms with E-state index in [0.29, 0.717) is 6.42 Å². The van der Waals surface area contributed by atoms with E-state index in [1.165, 1.54) is 5.01 Å². The SMILES string of the molecule is O=CCCC(=O)N1N=C(c2ccc(O)cc2)CC1c1ccc2nccnc2c1. The third-order valence-corrected chi connectivity index (χ3v) is 4.72. The summed E-state index contributed by atoms with van der Waals surface area (Å²) in [5.41, 5.74) is 4.03. The molecule has 0 saturated heterocycles. The van der Waals surface area contributed by atoms with E-state index in [-0.39, 0.29) is 30.5 Å². The number of hydrazone groups is 1. The maximum absolute atomic E-state index is 12.7. The van der Waals surface area contributed by atoms with Crippen molar-refractivity contribution in [2.24, 2.45) is 5.10 Å². The van der Waals surface area contributed by atoms with Crippen molar-refractivity contribution >= 4 is 28.9 Å². The van der Waals surface area contributed by atoms with E-state index in [4.69, 9.17) is 0 Å². The minimum atomic E-state index is -0.283. The summed E-state index contributed by atoms with van der Waals surface area (Å²) in [6, 6.07) is 12.2. The Balaban J connectivity index is 1.70. The lowest BCUT2D eigenvalue weighted by atomic mass is 9.97. The molecule has 1 amide bonds. The van der Waals surface area contributed by atoms with E-state index >= 15 is 0 Å². The van der Waals surface area contributed by atoms with Gasteiger partial charge in [0.1, 0.15) is 12.0 Å². The van der Waals surface area contributed by atoms with Gasteiger partial charge in [-0.2, -0.15) is 5.10 Å². The van der Waals surface area contributed by atoms with Crippen molar-refractivity contribution in [1.29, 1.82) is 0 Å². The molecule has 0 spiro atoms. The van der Waals surface area contributed by atoms with Gasteiger partial charge in [0.25, 0.3) is 0 Å². The van der Waals surface area contributed by atoms with E-state index in [0.717, 1.165) is 34.2 Å². The van der Waals surface area contributed by atoms with Crippen LogP contribution in [0.4, 0.5) is 0 Å². The first kappa shape index (κ1) is 17.8. The molecule has 3 aromatic rings. The van der Waals surface area contributed by atoms with Gasteiger partial charge in [0.15, 0.2) is 0 Å². The zero-order valence-corrected chi connectivity index (χ0v) is 15.0. The number of nitrogens with zero attached hydrogens (tertiary/aromatic N) is 4. The van der Waals surface area contributed by atoms with Crippen LogP contribution in [0, 0.1) is 0 Å². The lowest BCUT2D eigenvalue weighted by molar-refractivity contribution is -0.133. The molecule has 0 fully saturated rings. The number of benzene rings is 2. The Morgan fingerprint density at radius 1 is 1.11 bits per heavy atom. The lowest BCUT2D eigenvalue weighted by Crippen LogP contribution is -2.26. The maximum Gasteiger partial charge on any atom is 0.243 e. The normalized spacial score (nSPS) is 16.2. The highest BCUT2D eigenvalue weighted by Gasteiger charge is 2.33. The third-order valence-electron chi connectivity index (χ3n) is 4.72. The van der Waals surface area contributed by atoms with Crippen LogP contribution < -0.4 is 0 Å². The number of phenols is 1. The predicted molar refractivity (Wildman–Crippen MR) is 104 cm³/mol.